The van der Waals surface area contributed by atoms with Crippen LogP contribution in [0.3, 0.4) is 0 Å². The number of fused-ring (bicyclic) bond motifs is 5. The average Bonchev–Trinajstić information content (AvgIpc) is 2.79. The van der Waals surface area contributed by atoms with E-state index in [4.69, 9.17) is 9.97 Å². The van der Waals surface area contributed by atoms with E-state index in [-0.39, 0.29) is 5.41 Å². The van der Waals surface area contributed by atoms with E-state index >= 15 is 0 Å². The third kappa shape index (κ3) is 1.62. The Hall–Kier alpha value is -2.81. The maximum atomic E-state index is 4.89. The largest absolute Gasteiger partial charge is 0.246 e. The Balaban J connectivity index is 1.92. The fourth-order valence-electron chi connectivity index (χ4n) is 3.60. The van der Waals surface area contributed by atoms with Crippen LogP contribution in [-0.4, -0.2) is 15.0 Å². The second-order valence-electron chi connectivity index (χ2n) is 6.64. The van der Waals surface area contributed by atoms with E-state index in [1.165, 1.54) is 21.9 Å². The summed E-state index contributed by atoms with van der Waals surface area (Å²) in [6, 6.07) is 16.9. The topological polar surface area (TPSA) is 38.7 Å². The van der Waals surface area contributed by atoms with Gasteiger partial charge >= 0.3 is 0 Å². The summed E-state index contributed by atoms with van der Waals surface area (Å²) in [7, 11) is 0. The Morgan fingerprint density at radius 3 is 2.48 bits per heavy atom. The predicted molar refractivity (Wildman–Crippen MR) is 92.4 cm³/mol. The third-order valence-electron chi connectivity index (χ3n) is 4.85. The fraction of sp³-hybridized carbons (Fsp3) is 0.150. The highest BCUT2D eigenvalue weighted by Crippen LogP contribution is 2.48. The number of rotatable bonds is 0. The van der Waals surface area contributed by atoms with Gasteiger partial charge in [0.25, 0.3) is 0 Å². The number of aromatic nitrogens is 3. The highest BCUT2D eigenvalue weighted by Gasteiger charge is 2.38. The van der Waals surface area contributed by atoms with Crippen molar-refractivity contribution in [1.82, 2.24) is 15.0 Å². The molecule has 0 N–H and O–H groups in total. The van der Waals surface area contributed by atoms with Crippen LogP contribution in [-0.2, 0) is 5.41 Å². The van der Waals surface area contributed by atoms with Crippen molar-refractivity contribution in [1.29, 1.82) is 0 Å². The van der Waals surface area contributed by atoms with Gasteiger partial charge in [0.1, 0.15) is 5.52 Å². The lowest BCUT2D eigenvalue weighted by Gasteiger charge is -2.20. The van der Waals surface area contributed by atoms with Gasteiger partial charge in [0.05, 0.1) is 11.4 Å². The molecule has 2 heterocycles. The van der Waals surface area contributed by atoms with Crippen LogP contribution in [0, 0.1) is 0 Å². The molecule has 4 aromatic rings. The van der Waals surface area contributed by atoms with Crippen LogP contribution >= 0.6 is 0 Å². The maximum Gasteiger partial charge on any atom is 0.178 e. The van der Waals surface area contributed by atoms with Crippen LogP contribution < -0.4 is 0 Å². The predicted octanol–water partition coefficient (Wildman–Crippen LogP) is 4.48. The molecule has 1 aliphatic rings. The molecule has 23 heavy (non-hydrogen) atoms. The minimum absolute atomic E-state index is 0.147. The molecule has 1 aliphatic carbocycles. The Morgan fingerprint density at radius 2 is 1.65 bits per heavy atom. The molecular weight excluding hydrogens is 282 g/mol. The summed E-state index contributed by atoms with van der Waals surface area (Å²) in [5.41, 5.74) is 5.92. The summed E-state index contributed by atoms with van der Waals surface area (Å²) in [6.07, 6.45) is 1.77. The Labute approximate surface area is 134 Å². The molecule has 5 rings (SSSR count). The van der Waals surface area contributed by atoms with E-state index in [9.17, 15) is 0 Å². The van der Waals surface area contributed by atoms with Gasteiger partial charge in [-0.15, -0.1) is 0 Å². The molecule has 0 atom stereocenters. The summed E-state index contributed by atoms with van der Waals surface area (Å²) >= 11 is 0. The maximum absolute atomic E-state index is 4.89. The van der Waals surface area contributed by atoms with Crippen molar-refractivity contribution < 1.29 is 0 Å². The highest BCUT2D eigenvalue weighted by atomic mass is 14.9. The first-order chi connectivity index (χ1) is 11.1. The SMILES string of the molecule is CC1(C)c2cc3ccccc3cc2-c2nc3ncccc3nc21. The lowest BCUT2D eigenvalue weighted by molar-refractivity contribution is 0.639. The summed E-state index contributed by atoms with van der Waals surface area (Å²) in [5.74, 6) is 0. The van der Waals surface area contributed by atoms with E-state index < -0.39 is 0 Å². The molecule has 3 heteroatoms. The lowest BCUT2D eigenvalue weighted by Crippen LogP contribution is -2.17. The molecule has 0 spiro atoms. The van der Waals surface area contributed by atoms with Crippen molar-refractivity contribution in [3.63, 3.8) is 0 Å². The molecule has 2 aromatic heterocycles. The van der Waals surface area contributed by atoms with Crippen LogP contribution in [0.5, 0.6) is 0 Å². The van der Waals surface area contributed by atoms with Crippen molar-refractivity contribution in [3.8, 4) is 11.3 Å². The molecule has 0 saturated heterocycles. The first-order valence-electron chi connectivity index (χ1n) is 7.81. The molecule has 0 amide bonds. The molecule has 0 aliphatic heterocycles. The molecule has 0 unspecified atom stereocenters. The number of nitrogens with zero attached hydrogens (tertiary/aromatic N) is 3. The van der Waals surface area contributed by atoms with E-state index in [1.54, 1.807) is 6.20 Å². The van der Waals surface area contributed by atoms with Gasteiger partial charge in [-0.3, -0.25) is 0 Å². The van der Waals surface area contributed by atoms with Crippen molar-refractivity contribution in [3.05, 3.63) is 66.0 Å². The van der Waals surface area contributed by atoms with Crippen molar-refractivity contribution in [2.75, 3.05) is 0 Å². The second-order valence-corrected chi connectivity index (χ2v) is 6.64. The van der Waals surface area contributed by atoms with Crippen molar-refractivity contribution >= 4 is 21.9 Å². The summed E-state index contributed by atoms with van der Waals surface area (Å²) in [5, 5.41) is 2.49. The monoisotopic (exact) mass is 297 g/mol. The second kappa shape index (κ2) is 4.13. The van der Waals surface area contributed by atoms with E-state index in [1.807, 2.05) is 12.1 Å². The van der Waals surface area contributed by atoms with Gasteiger partial charge < -0.3 is 0 Å². The third-order valence-corrected chi connectivity index (χ3v) is 4.85. The van der Waals surface area contributed by atoms with Gasteiger partial charge in [-0.1, -0.05) is 38.1 Å². The van der Waals surface area contributed by atoms with E-state index in [0.717, 1.165) is 16.9 Å². The smallest absolute Gasteiger partial charge is 0.178 e. The number of pyridine rings is 1. The van der Waals surface area contributed by atoms with E-state index in [0.29, 0.717) is 5.65 Å². The minimum atomic E-state index is -0.147. The number of hydrogen-bond donors (Lipinski definition) is 0. The molecule has 3 nitrogen and oxygen atoms in total. The minimum Gasteiger partial charge on any atom is -0.246 e. The van der Waals surface area contributed by atoms with Crippen LogP contribution in [0.15, 0.2) is 54.7 Å². The zero-order valence-electron chi connectivity index (χ0n) is 13.0. The summed E-state index contributed by atoms with van der Waals surface area (Å²) < 4.78 is 0. The summed E-state index contributed by atoms with van der Waals surface area (Å²) in [4.78, 5) is 14.1. The van der Waals surface area contributed by atoms with Gasteiger partial charge in [-0.2, -0.15) is 0 Å². The first-order valence-corrected chi connectivity index (χ1v) is 7.81. The van der Waals surface area contributed by atoms with Crippen LogP contribution in [0.4, 0.5) is 0 Å². The number of benzene rings is 2. The zero-order chi connectivity index (χ0) is 15.6. The fourth-order valence-corrected chi connectivity index (χ4v) is 3.60. The molecule has 0 radical (unpaired) electrons. The highest BCUT2D eigenvalue weighted by molar-refractivity contribution is 5.93. The standard InChI is InChI=1S/C20H15N3/c1-20(2)15-11-13-7-4-3-6-12(13)10-14(15)17-18(20)22-16-8-5-9-21-19(16)23-17/h3-11H,1-2H3. The van der Waals surface area contributed by atoms with Gasteiger partial charge in [-0.05, 0) is 40.6 Å². The molecular formula is C20H15N3. The summed E-state index contributed by atoms with van der Waals surface area (Å²) in [6.45, 7) is 4.45. The van der Waals surface area contributed by atoms with Crippen molar-refractivity contribution in [2.24, 2.45) is 0 Å². The van der Waals surface area contributed by atoms with Gasteiger partial charge in [-0.25, -0.2) is 15.0 Å². The van der Waals surface area contributed by atoms with Gasteiger partial charge in [0.15, 0.2) is 5.65 Å². The van der Waals surface area contributed by atoms with Crippen LogP contribution in [0.2, 0.25) is 0 Å². The first kappa shape index (κ1) is 12.7. The quantitative estimate of drug-likeness (QED) is 0.480. The normalized spacial score (nSPS) is 14.9. The molecule has 0 saturated carbocycles. The number of hydrogen-bond acceptors (Lipinski definition) is 3. The Morgan fingerprint density at radius 1 is 0.870 bits per heavy atom. The molecule has 0 fully saturated rings. The van der Waals surface area contributed by atoms with Crippen molar-refractivity contribution in [2.45, 2.75) is 19.3 Å². The average molecular weight is 297 g/mol. The van der Waals surface area contributed by atoms with Crippen LogP contribution in [0.1, 0.15) is 25.1 Å². The van der Waals surface area contributed by atoms with Gasteiger partial charge in [0.2, 0.25) is 0 Å². The Kier molecular flexibility index (Phi) is 2.28. The van der Waals surface area contributed by atoms with Crippen LogP contribution in [0.25, 0.3) is 33.2 Å². The molecule has 0 bridgehead atoms. The Bertz CT molecular complexity index is 1010. The molecule has 110 valence electrons. The van der Waals surface area contributed by atoms with E-state index in [2.05, 4.69) is 55.2 Å². The lowest BCUT2D eigenvalue weighted by atomic mass is 9.84. The van der Waals surface area contributed by atoms with Gasteiger partial charge in [0, 0.05) is 17.2 Å². The molecule has 2 aromatic carbocycles. The zero-order valence-corrected chi connectivity index (χ0v) is 13.0.